The van der Waals surface area contributed by atoms with E-state index in [0.29, 0.717) is 82.0 Å². The van der Waals surface area contributed by atoms with E-state index in [2.05, 4.69) is 15.5 Å². The van der Waals surface area contributed by atoms with Crippen molar-refractivity contribution in [3.8, 4) is 5.75 Å². The fourth-order valence-electron chi connectivity index (χ4n) is 5.91. The van der Waals surface area contributed by atoms with E-state index in [0.717, 1.165) is 5.56 Å². The fraction of sp³-hybridized carbons (Fsp3) is 0.467. The van der Waals surface area contributed by atoms with Crippen molar-refractivity contribution >= 4 is 35.2 Å². The van der Waals surface area contributed by atoms with E-state index in [9.17, 15) is 14.4 Å². The van der Waals surface area contributed by atoms with E-state index >= 15 is 0 Å². The Balaban J connectivity index is 0.00000118. The van der Waals surface area contributed by atoms with Gasteiger partial charge in [-0.3, -0.25) is 19.2 Å². The molecule has 13 heteroatoms. The average Bonchev–Trinajstić information content (AvgIpc) is 3.68. The van der Waals surface area contributed by atoms with Gasteiger partial charge in [0.25, 0.3) is 12.4 Å². The second-order valence-corrected chi connectivity index (χ2v) is 10.7. The summed E-state index contributed by atoms with van der Waals surface area (Å²) in [5.74, 6) is -0.142. The molecule has 5 heterocycles. The number of rotatable bonds is 2. The molecule has 6 rings (SSSR count). The lowest BCUT2D eigenvalue weighted by Crippen LogP contribution is -2.42. The van der Waals surface area contributed by atoms with E-state index in [1.807, 2.05) is 29.2 Å². The van der Waals surface area contributed by atoms with Crippen molar-refractivity contribution in [3.05, 3.63) is 53.9 Å². The Labute approximate surface area is 248 Å². The van der Waals surface area contributed by atoms with E-state index < -0.39 is 5.92 Å². The lowest BCUT2D eigenvalue weighted by molar-refractivity contribution is -0.137. The Morgan fingerprint density at radius 2 is 1.81 bits per heavy atom. The molecule has 0 aliphatic carbocycles. The van der Waals surface area contributed by atoms with E-state index in [1.54, 1.807) is 23.2 Å². The molecular formula is C30H35N5O8. The van der Waals surface area contributed by atoms with Crippen molar-refractivity contribution in [2.45, 2.75) is 25.2 Å². The standard InChI is InChI=1S/C29H33N5O6.CH2O2/c35-27-24-18-34(28(36)19-7-14-38-15-8-19)17-23(24)20-4-1-5-21(16-20)39-13-3-11-33(12-10-31-27)29(37)25-22-6-2-9-30-26(22)32-40-25;2-1-3/h1-2,4-6,9,16,19,23-24H,3,7-8,10-15,17-18H2,(H,31,35);1H,(H,2,3)/t23-,24+;/m1./s1. The first kappa shape index (κ1) is 30.0. The van der Waals surface area contributed by atoms with Crippen molar-refractivity contribution in [2.24, 2.45) is 11.8 Å². The van der Waals surface area contributed by atoms with Crippen LogP contribution in [-0.4, -0.2) is 102 Å². The first-order chi connectivity index (χ1) is 21.0. The summed E-state index contributed by atoms with van der Waals surface area (Å²) < 4.78 is 16.8. The van der Waals surface area contributed by atoms with Crippen LogP contribution in [0.25, 0.3) is 11.0 Å². The molecule has 2 aromatic heterocycles. The fourth-order valence-corrected chi connectivity index (χ4v) is 5.91. The average molecular weight is 594 g/mol. The summed E-state index contributed by atoms with van der Waals surface area (Å²) in [4.78, 5) is 56.3. The van der Waals surface area contributed by atoms with Crippen LogP contribution >= 0.6 is 0 Å². The van der Waals surface area contributed by atoms with Crippen molar-refractivity contribution in [2.75, 3.05) is 52.5 Å². The summed E-state index contributed by atoms with van der Waals surface area (Å²) in [6.07, 6.45) is 3.60. The Morgan fingerprint density at radius 3 is 2.63 bits per heavy atom. The summed E-state index contributed by atoms with van der Waals surface area (Å²) in [5, 5.41) is 14.4. The molecule has 13 nitrogen and oxygen atoms in total. The first-order valence-electron chi connectivity index (χ1n) is 14.4. The number of carboxylic acid groups (broad SMARTS) is 1. The van der Waals surface area contributed by atoms with Gasteiger partial charge < -0.3 is 34.2 Å². The molecule has 0 unspecified atom stereocenters. The number of aromatic nitrogens is 2. The summed E-state index contributed by atoms with van der Waals surface area (Å²) in [5.41, 5.74) is 1.36. The zero-order valence-corrected chi connectivity index (χ0v) is 23.7. The third-order valence-electron chi connectivity index (χ3n) is 8.08. The van der Waals surface area contributed by atoms with Crippen LogP contribution in [0, 0.1) is 11.8 Å². The molecule has 0 radical (unpaired) electrons. The quantitative estimate of drug-likeness (QED) is 0.420. The largest absolute Gasteiger partial charge is 0.494 e. The molecule has 2 bridgehead atoms. The van der Waals surface area contributed by atoms with Crippen molar-refractivity contribution in [3.63, 3.8) is 0 Å². The summed E-state index contributed by atoms with van der Waals surface area (Å²) >= 11 is 0. The van der Waals surface area contributed by atoms with Crippen LogP contribution in [0.3, 0.4) is 0 Å². The molecule has 2 fully saturated rings. The van der Waals surface area contributed by atoms with Gasteiger partial charge in [0.15, 0.2) is 0 Å². The van der Waals surface area contributed by atoms with Crippen LogP contribution in [0.5, 0.6) is 5.75 Å². The summed E-state index contributed by atoms with van der Waals surface area (Å²) in [6.45, 7) is 3.16. The number of benzene rings is 1. The normalized spacial score (nSPS) is 21.4. The van der Waals surface area contributed by atoms with Crippen LogP contribution in [0.2, 0.25) is 0 Å². The molecule has 0 saturated carbocycles. The molecule has 2 saturated heterocycles. The number of nitrogens with one attached hydrogen (secondary N) is 1. The van der Waals surface area contributed by atoms with Crippen LogP contribution < -0.4 is 10.1 Å². The number of carbonyl (C=O) groups excluding carboxylic acids is 3. The highest BCUT2D eigenvalue weighted by atomic mass is 16.5. The molecule has 3 aliphatic rings. The molecule has 3 amide bonds. The lowest BCUT2D eigenvalue weighted by atomic mass is 9.88. The topological polar surface area (TPSA) is 164 Å². The number of hydrogen-bond donors (Lipinski definition) is 2. The number of fused-ring (bicyclic) bond motifs is 5. The van der Waals surface area contributed by atoms with Gasteiger partial charge >= 0.3 is 0 Å². The van der Waals surface area contributed by atoms with Gasteiger partial charge in [0, 0.05) is 64.0 Å². The number of carbonyl (C=O) groups is 4. The third-order valence-corrected chi connectivity index (χ3v) is 8.08. The maximum atomic E-state index is 13.5. The van der Waals surface area contributed by atoms with Gasteiger partial charge in [-0.1, -0.05) is 17.3 Å². The Bertz CT molecular complexity index is 1440. The van der Waals surface area contributed by atoms with Gasteiger partial charge in [-0.15, -0.1) is 0 Å². The second-order valence-electron chi connectivity index (χ2n) is 10.7. The monoisotopic (exact) mass is 593 g/mol. The number of amides is 3. The molecule has 2 N–H and O–H groups in total. The highest BCUT2D eigenvalue weighted by Gasteiger charge is 2.42. The predicted molar refractivity (Wildman–Crippen MR) is 152 cm³/mol. The SMILES string of the molecule is O=C1NCCN(C(=O)c2onc3ncccc23)CCCOc2cccc(c2)[C@H]2CN(C(=O)C3CCOCC3)C[C@H]12.O=CO. The zero-order chi connectivity index (χ0) is 30.2. The van der Waals surface area contributed by atoms with Gasteiger partial charge in [-0.05, 0) is 49.1 Å². The van der Waals surface area contributed by atoms with Gasteiger partial charge in [-0.2, -0.15) is 0 Å². The van der Waals surface area contributed by atoms with Gasteiger partial charge in [0.2, 0.25) is 23.2 Å². The number of nitrogens with zero attached hydrogens (tertiary/aromatic N) is 4. The van der Waals surface area contributed by atoms with Crippen molar-refractivity contribution in [1.29, 1.82) is 0 Å². The van der Waals surface area contributed by atoms with E-state index in [4.69, 9.17) is 23.9 Å². The molecule has 3 aliphatic heterocycles. The minimum absolute atomic E-state index is 0.0677. The number of hydrogen-bond acceptors (Lipinski definition) is 9. The van der Waals surface area contributed by atoms with Gasteiger partial charge in [0.05, 0.1) is 17.9 Å². The molecule has 0 spiro atoms. The molecule has 43 heavy (non-hydrogen) atoms. The van der Waals surface area contributed by atoms with Gasteiger partial charge in [-0.25, -0.2) is 4.98 Å². The van der Waals surface area contributed by atoms with Crippen LogP contribution in [0.4, 0.5) is 0 Å². The molecule has 228 valence electrons. The van der Waals surface area contributed by atoms with Crippen molar-refractivity contribution in [1.82, 2.24) is 25.3 Å². The highest BCUT2D eigenvalue weighted by Crippen LogP contribution is 2.36. The smallest absolute Gasteiger partial charge is 0.293 e. The maximum Gasteiger partial charge on any atom is 0.293 e. The molecular weight excluding hydrogens is 558 g/mol. The first-order valence-corrected chi connectivity index (χ1v) is 14.4. The Hall–Kier alpha value is -4.52. The van der Waals surface area contributed by atoms with Crippen LogP contribution in [0.15, 0.2) is 47.1 Å². The highest BCUT2D eigenvalue weighted by molar-refractivity contribution is 6.02. The zero-order valence-electron chi connectivity index (χ0n) is 23.7. The predicted octanol–water partition coefficient (Wildman–Crippen LogP) is 1.93. The van der Waals surface area contributed by atoms with Crippen LogP contribution in [-0.2, 0) is 19.1 Å². The Kier molecular flexibility index (Phi) is 9.82. The number of pyridine rings is 1. The molecule has 1 aromatic carbocycles. The Morgan fingerprint density at radius 1 is 1.02 bits per heavy atom. The minimum Gasteiger partial charge on any atom is -0.494 e. The number of likely N-dealkylation sites (tertiary alicyclic amines) is 1. The molecule has 2 atom stereocenters. The van der Waals surface area contributed by atoms with Crippen LogP contribution in [0.1, 0.15) is 41.3 Å². The second kappa shape index (κ2) is 14.1. The minimum atomic E-state index is -0.407. The number of ether oxygens (including phenoxy) is 2. The maximum absolute atomic E-state index is 13.5. The van der Waals surface area contributed by atoms with Gasteiger partial charge in [0.1, 0.15) is 5.75 Å². The summed E-state index contributed by atoms with van der Waals surface area (Å²) in [7, 11) is 0. The lowest BCUT2D eigenvalue weighted by Gasteiger charge is -2.26. The van der Waals surface area contributed by atoms with E-state index in [1.165, 1.54) is 0 Å². The summed E-state index contributed by atoms with van der Waals surface area (Å²) in [6, 6.07) is 11.3. The molecule has 3 aromatic rings. The third kappa shape index (κ3) is 6.94. The van der Waals surface area contributed by atoms with Crippen molar-refractivity contribution < 1.29 is 38.3 Å². The van der Waals surface area contributed by atoms with E-state index in [-0.39, 0.29) is 48.3 Å².